The fraction of sp³-hybridized carbons (Fsp3) is 0.611. The van der Waals surface area contributed by atoms with Crippen LogP contribution in [0.1, 0.15) is 37.7 Å². The molecule has 0 amide bonds. The number of hydrogen-bond donors (Lipinski definition) is 1. The molecular formula is C18H28N3O2S+. The van der Waals surface area contributed by atoms with Gasteiger partial charge in [0.05, 0.1) is 18.0 Å². The second-order valence-electron chi connectivity index (χ2n) is 6.98. The average molecular weight is 351 g/mol. The molecule has 0 aliphatic carbocycles. The van der Waals surface area contributed by atoms with Gasteiger partial charge in [0.25, 0.3) is 10.0 Å². The summed E-state index contributed by atoms with van der Waals surface area (Å²) in [6, 6.07) is 6.97. The highest BCUT2D eigenvalue weighted by molar-refractivity contribution is 7.90. The van der Waals surface area contributed by atoms with E-state index in [1.54, 1.807) is 12.1 Å². The highest BCUT2D eigenvalue weighted by Crippen LogP contribution is 2.15. The van der Waals surface area contributed by atoms with Crippen molar-refractivity contribution in [1.29, 1.82) is 0 Å². The number of likely N-dealkylation sites (tertiary alicyclic amines) is 2. The van der Waals surface area contributed by atoms with Crippen LogP contribution in [-0.2, 0) is 10.0 Å². The Morgan fingerprint density at radius 3 is 2.29 bits per heavy atom. The predicted octanol–water partition coefficient (Wildman–Crippen LogP) is 1.25. The van der Waals surface area contributed by atoms with Crippen molar-refractivity contribution < 1.29 is 13.3 Å². The summed E-state index contributed by atoms with van der Waals surface area (Å²) in [6.07, 6.45) is 6.00. The molecule has 1 N–H and O–H groups in total. The number of hydrogen-bond acceptors (Lipinski definition) is 2. The maximum Gasteiger partial charge on any atom is 0.284 e. The third kappa shape index (κ3) is 4.36. The first-order valence-corrected chi connectivity index (χ1v) is 10.5. The van der Waals surface area contributed by atoms with Gasteiger partial charge >= 0.3 is 0 Å². The Balaban J connectivity index is 1.85. The minimum absolute atomic E-state index is 0.290. The lowest BCUT2D eigenvalue weighted by molar-refractivity contribution is -0.896. The number of sulfonamides is 1. The molecule has 2 aliphatic rings. The molecule has 0 unspecified atom stereocenters. The van der Waals surface area contributed by atoms with Crippen LogP contribution in [0.15, 0.2) is 33.6 Å². The fourth-order valence-electron chi connectivity index (χ4n) is 3.53. The average Bonchev–Trinajstić information content (AvgIpc) is 3.10. The van der Waals surface area contributed by atoms with Gasteiger partial charge in [0, 0.05) is 13.1 Å². The second kappa shape index (κ2) is 7.66. The first-order valence-electron chi connectivity index (χ1n) is 9.04. The standard InChI is InChI=1S/C18H27N3O2S/c1-16-7-9-17(10-8-16)24(22,23)19-18(21-13-5-6-14-21)15-20-11-3-2-4-12-20/h7-10H,2-6,11-15H2,1H3/p+1. The van der Waals surface area contributed by atoms with Gasteiger partial charge in [0.1, 0.15) is 6.54 Å². The monoisotopic (exact) mass is 350 g/mol. The molecule has 5 nitrogen and oxygen atoms in total. The van der Waals surface area contributed by atoms with E-state index in [2.05, 4.69) is 9.30 Å². The van der Waals surface area contributed by atoms with E-state index in [1.807, 2.05) is 19.1 Å². The van der Waals surface area contributed by atoms with Crippen molar-refractivity contribution >= 4 is 15.9 Å². The number of nitrogens with zero attached hydrogens (tertiary/aromatic N) is 2. The smallest absolute Gasteiger partial charge is 0.284 e. The summed E-state index contributed by atoms with van der Waals surface area (Å²) in [6.45, 7) is 6.78. The van der Waals surface area contributed by atoms with Crippen LogP contribution in [-0.4, -0.2) is 51.9 Å². The van der Waals surface area contributed by atoms with E-state index < -0.39 is 10.0 Å². The molecule has 1 aromatic rings. The van der Waals surface area contributed by atoms with E-state index in [1.165, 1.54) is 24.2 Å². The van der Waals surface area contributed by atoms with E-state index >= 15 is 0 Å². The highest BCUT2D eigenvalue weighted by Gasteiger charge is 2.25. The van der Waals surface area contributed by atoms with Gasteiger partial charge in [-0.2, -0.15) is 8.42 Å². The van der Waals surface area contributed by atoms with Crippen LogP contribution in [0.2, 0.25) is 0 Å². The summed E-state index contributed by atoms with van der Waals surface area (Å²) in [5, 5.41) is 0. The number of rotatable bonds is 4. The minimum atomic E-state index is -3.63. The van der Waals surface area contributed by atoms with Gasteiger partial charge < -0.3 is 9.80 Å². The van der Waals surface area contributed by atoms with Gasteiger partial charge in [-0.3, -0.25) is 0 Å². The summed E-state index contributed by atoms with van der Waals surface area (Å²) in [7, 11) is -3.63. The first-order chi connectivity index (χ1) is 11.5. The lowest BCUT2D eigenvalue weighted by Crippen LogP contribution is -3.13. The summed E-state index contributed by atoms with van der Waals surface area (Å²) >= 11 is 0. The quantitative estimate of drug-likeness (QED) is 0.657. The summed E-state index contributed by atoms with van der Waals surface area (Å²) in [5.41, 5.74) is 1.05. The van der Waals surface area contributed by atoms with Crippen LogP contribution in [0, 0.1) is 6.92 Å². The van der Waals surface area contributed by atoms with Crippen LogP contribution < -0.4 is 4.90 Å². The Kier molecular flexibility index (Phi) is 5.56. The van der Waals surface area contributed by atoms with E-state index in [0.29, 0.717) is 4.90 Å². The lowest BCUT2D eigenvalue weighted by Gasteiger charge is -2.27. The molecule has 132 valence electrons. The third-order valence-corrected chi connectivity index (χ3v) is 6.30. The molecule has 3 rings (SSSR count). The number of piperidine rings is 1. The predicted molar refractivity (Wildman–Crippen MR) is 96.0 cm³/mol. The van der Waals surface area contributed by atoms with E-state index in [0.717, 1.165) is 57.0 Å². The Morgan fingerprint density at radius 2 is 1.67 bits per heavy atom. The van der Waals surface area contributed by atoms with Gasteiger partial charge in [0.2, 0.25) is 0 Å². The molecule has 0 bridgehead atoms. The molecule has 2 saturated heterocycles. The topological polar surface area (TPSA) is 54.2 Å². The van der Waals surface area contributed by atoms with E-state index in [-0.39, 0.29) is 0 Å². The molecule has 0 spiro atoms. The third-order valence-electron chi connectivity index (χ3n) is 4.98. The van der Waals surface area contributed by atoms with Crippen LogP contribution in [0.4, 0.5) is 0 Å². The van der Waals surface area contributed by atoms with E-state index in [4.69, 9.17) is 0 Å². The molecule has 0 saturated carbocycles. The highest BCUT2D eigenvalue weighted by atomic mass is 32.2. The largest absolute Gasteiger partial charge is 0.355 e. The first kappa shape index (κ1) is 17.4. The zero-order chi connectivity index (χ0) is 17.0. The molecular weight excluding hydrogens is 322 g/mol. The second-order valence-corrected chi connectivity index (χ2v) is 8.58. The van der Waals surface area contributed by atoms with Crippen LogP contribution in [0.3, 0.4) is 0 Å². The number of amidine groups is 1. The van der Waals surface area contributed by atoms with Gasteiger partial charge in [0.15, 0.2) is 5.84 Å². The molecule has 0 radical (unpaired) electrons. The minimum Gasteiger partial charge on any atom is -0.355 e. The fourth-order valence-corrected chi connectivity index (χ4v) is 4.57. The number of aryl methyl sites for hydroxylation is 1. The van der Waals surface area contributed by atoms with Gasteiger partial charge in [-0.1, -0.05) is 17.7 Å². The normalized spacial score (nSPS) is 20.5. The molecule has 2 fully saturated rings. The van der Waals surface area contributed by atoms with Gasteiger partial charge in [-0.15, -0.1) is 4.40 Å². The van der Waals surface area contributed by atoms with E-state index in [9.17, 15) is 8.42 Å². The van der Waals surface area contributed by atoms with Crippen molar-refractivity contribution in [2.45, 2.75) is 43.9 Å². The maximum atomic E-state index is 12.7. The van der Waals surface area contributed by atoms with Crippen molar-refractivity contribution in [3.63, 3.8) is 0 Å². The Bertz CT molecular complexity index is 671. The van der Waals surface area contributed by atoms with Crippen molar-refractivity contribution in [2.24, 2.45) is 4.40 Å². The van der Waals surface area contributed by atoms with Gasteiger partial charge in [-0.05, 0) is 51.2 Å². The lowest BCUT2D eigenvalue weighted by atomic mass is 10.1. The number of nitrogens with one attached hydrogen (secondary N) is 1. The molecule has 0 aromatic heterocycles. The Morgan fingerprint density at radius 1 is 1.04 bits per heavy atom. The Hall–Kier alpha value is -1.40. The molecule has 2 aliphatic heterocycles. The van der Waals surface area contributed by atoms with Crippen molar-refractivity contribution in [2.75, 3.05) is 32.7 Å². The molecule has 2 heterocycles. The zero-order valence-electron chi connectivity index (χ0n) is 14.5. The summed E-state index contributed by atoms with van der Waals surface area (Å²) in [5.74, 6) is 0.755. The van der Waals surface area contributed by atoms with Crippen molar-refractivity contribution in [3.05, 3.63) is 29.8 Å². The molecule has 1 aromatic carbocycles. The van der Waals surface area contributed by atoms with Crippen LogP contribution in [0.25, 0.3) is 0 Å². The Labute approximate surface area is 145 Å². The number of benzene rings is 1. The SMILES string of the molecule is Cc1ccc(S(=O)(=O)N=C(C[NH+]2CCCCC2)N2CCCC2)cc1. The molecule has 6 heteroatoms. The van der Waals surface area contributed by atoms with Gasteiger partial charge in [-0.25, -0.2) is 0 Å². The van der Waals surface area contributed by atoms with Crippen molar-refractivity contribution in [3.8, 4) is 0 Å². The maximum absolute atomic E-state index is 12.7. The summed E-state index contributed by atoms with van der Waals surface area (Å²) < 4.78 is 29.7. The van der Waals surface area contributed by atoms with Crippen LogP contribution in [0.5, 0.6) is 0 Å². The summed E-state index contributed by atoms with van der Waals surface area (Å²) in [4.78, 5) is 3.93. The molecule has 24 heavy (non-hydrogen) atoms. The van der Waals surface area contributed by atoms with Crippen LogP contribution >= 0.6 is 0 Å². The van der Waals surface area contributed by atoms with Crippen molar-refractivity contribution in [1.82, 2.24) is 4.90 Å². The number of quaternary nitrogens is 1. The molecule has 0 atom stereocenters. The zero-order valence-corrected chi connectivity index (χ0v) is 15.3.